The lowest BCUT2D eigenvalue weighted by Gasteiger charge is -2.51. The van der Waals surface area contributed by atoms with Crippen molar-refractivity contribution in [3.63, 3.8) is 0 Å². The highest BCUT2D eigenvalue weighted by Gasteiger charge is 2.63. The lowest BCUT2D eigenvalue weighted by atomic mass is 9.86. The van der Waals surface area contributed by atoms with Crippen molar-refractivity contribution in [1.29, 1.82) is 0 Å². The zero-order chi connectivity index (χ0) is 79.8. The normalized spacial score (nSPS) is 20.9. The fourth-order valence-corrected chi connectivity index (χ4v) is 15.1. The van der Waals surface area contributed by atoms with Gasteiger partial charge < -0.3 is 62.4 Å². The van der Waals surface area contributed by atoms with Crippen molar-refractivity contribution in [2.45, 2.75) is 143 Å². The molecule has 0 aromatic heterocycles. The van der Waals surface area contributed by atoms with E-state index in [-0.39, 0.29) is 31.9 Å². The Bertz CT molecular complexity index is 4710. The van der Waals surface area contributed by atoms with Crippen molar-refractivity contribution in [2.24, 2.45) is 0 Å². The van der Waals surface area contributed by atoms with Crippen molar-refractivity contribution >= 4 is 49.5 Å². The van der Waals surface area contributed by atoms with Crippen molar-refractivity contribution in [3.05, 3.63) is 350 Å². The monoisotopic (exact) mass is 1590 g/mol. The van der Waals surface area contributed by atoms with Crippen molar-refractivity contribution < 1.29 is 85.6 Å². The highest BCUT2D eigenvalue weighted by molar-refractivity contribution is 7.99. The summed E-state index contributed by atoms with van der Waals surface area (Å²) in [4.78, 5) is 34.9. The number of ether oxygens (including phenoxy) is 12. The number of rotatable bonds is 32. The van der Waals surface area contributed by atoms with Gasteiger partial charge in [0.25, 0.3) is 8.46 Å². The standard InChI is InChI=1S/C44H42O6S.C43H42O7S.C3H3N2O2P.C2H6O2/c1-3-36-24-38-37(25-40(36)51-2)30-49-44(38)43(48-29-35-22-14-7-15-23-35)42(47-28-34-20-12-6-13-21-34)41(46-27-33-18-10-5-11-19-33)39(50-44)31-45-26-32-16-8-4-9-17-32;1-51-39-23-36-29-49-43(37(36)22-35(39)24-44)42(48-28-34-20-12-5-13-21-34)41(47-27-33-18-10-4-11-19-33)40(46-26-32-16-8-3-9-17-32)38(50-43)30-45-25-31-14-6-2-7-15-31;1-2(6)3(5-4)8-7;1-3-4-2/h1,4-25,39,41-43H,26-31H2,2H3;2-24,38,40-42H,25-30H2,1H3;1H3;1-2H3/t39-,41-,42+,43-,44+;38-,40-,41+,42-,43+;;/m11../s1. The molecular formula is C92H93N2O17PS2. The molecule has 0 aliphatic carbocycles. The molecule has 0 radical (unpaired) electrons. The molecule has 4 aliphatic rings. The van der Waals surface area contributed by atoms with Crippen LogP contribution < -0.4 is 0 Å². The third-order valence-electron chi connectivity index (χ3n) is 19.3. The molecule has 4 heterocycles. The molecule has 114 heavy (non-hydrogen) atoms. The molecule has 2 spiro atoms. The molecule has 10 aromatic carbocycles. The molecule has 14 rings (SSSR count). The maximum atomic E-state index is 12.4. The second-order valence-corrected chi connectivity index (χ2v) is 29.1. The van der Waals surface area contributed by atoms with Gasteiger partial charge in [-0.3, -0.25) is 14.2 Å². The Balaban J connectivity index is 0.000000197. The molecule has 10 aromatic rings. The van der Waals surface area contributed by atoms with Crippen LogP contribution in [0.25, 0.3) is 5.53 Å². The third-order valence-corrected chi connectivity index (χ3v) is 21.5. The summed E-state index contributed by atoms with van der Waals surface area (Å²) in [5.41, 5.74) is 20.6. The van der Waals surface area contributed by atoms with Crippen LogP contribution >= 0.6 is 32.0 Å². The Hall–Kier alpha value is -9.28. The van der Waals surface area contributed by atoms with Crippen LogP contribution in [0.1, 0.15) is 89.6 Å². The Labute approximate surface area is 676 Å². The van der Waals surface area contributed by atoms with E-state index in [1.807, 2.05) is 249 Å². The number of Topliss-reactive ketones (excluding diaryl/α,β-unsaturated/α-hetero) is 1. The summed E-state index contributed by atoms with van der Waals surface area (Å²) in [5.74, 6) is -0.365. The van der Waals surface area contributed by atoms with Gasteiger partial charge in [-0.05, 0) is 92.4 Å². The first-order valence-corrected chi connectivity index (χ1v) is 40.5. The van der Waals surface area contributed by atoms with Crippen LogP contribution in [-0.2, 0) is 154 Å². The van der Waals surface area contributed by atoms with Crippen LogP contribution in [0.2, 0.25) is 0 Å². The minimum atomic E-state index is -1.41. The van der Waals surface area contributed by atoms with E-state index in [0.717, 1.165) is 88.4 Å². The molecule has 22 heteroatoms. The third kappa shape index (κ3) is 22.8. The zero-order valence-electron chi connectivity index (χ0n) is 64.3. The summed E-state index contributed by atoms with van der Waals surface area (Å²) in [5, 5.41) is 0. The molecule has 0 saturated carbocycles. The fraction of sp³-hybridized carbons (Fsp3) is 0.293. The lowest BCUT2D eigenvalue weighted by molar-refractivity contribution is -0.387. The Morgan fingerprint density at radius 3 is 1.06 bits per heavy atom. The summed E-state index contributed by atoms with van der Waals surface area (Å²) >= 11 is 3.14. The number of fused-ring (bicyclic) bond motifs is 4. The van der Waals surface area contributed by atoms with Gasteiger partial charge in [-0.25, -0.2) is 9.78 Å². The Kier molecular flexibility index (Phi) is 33.5. The maximum Gasteiger partial charge on any atom is 0.422 e. The smallest absolute Gasteiger partial charge is 0.374 e. The molecule has 0 amide bonds. The molecule has 0 unspecified atom stereocenters. The minimum Gasteiger partial charge on any atom is -0.374 e. The zero-order valence-corrected chi connectivity index (χ0v) is 66.8. The van der Waals surface area contributed by atoms with Crippen LogP contribution in [0.3, 0.4) is 0 Å². The second-order valence-electron chi connectivity index (χ2n) is 26.8. The summed E-state index contributed by atoms with van der Waals surface area (Å²) < 4.78 is 91.9. The van der Waals surface area contributed by atoms with Gasteiger partial charge in [0.2, 0.25) is 17.4 Å². The van der Waals surface area contributed by atoms with E-state index >= 15 is 0 Å². The van der Waals surface area contributed by atoms with Gasteiger partial charge in [0.1, 0.15) is 48.8 Å². The van der Waals surface area contributed by atoms with E-state index in [0.29, 0.717) is 58.4 Å². The van der Waals surface area contributed by atoms with Crippen LogP contribution in [0, 0.1) is 12.3 Å². The van der Waals surface area contributed by atoms with E-state index in [4.69, 9.17) is 68.8 Å². The molecule has 2 fully saturated rings. The van der Waals surface area contributed by atoms with Crippen LogP contribution in [0.4, 0.5) is 0 Å². The number of aldehydes is 1. The van der Waals surface area contributed by atoms with Crippen molar-refractivity contribution in [2.75, 3.05) is 39.9 Å². The lowest BCUT2D eigenvalue weighted by Crippen LogP contribution is -2.65. The number of hydrogen-bond acceptors (Lipinski definition) is 19. The predicted octanol–water partition coefficient (Wildman–Crippen LogP) is 17.4. The maximum absolute atomic E-state index is 12.4. The number of thioether (sulfide) groups is 2. The molecule has 590 valence electrons. The molecule has 2 saturated heterocycles. The minimum absolute atomic E-state index is 0.203. The van der Waals surface area contributed by atoms with Crippen LogP contribution in [0.5, 0.6) is 0 Å². The quantitative estimate of drug-likeness (QED) is 0.00441. The molecule has 10 atom stereocenters. The van der Waals surface area contributed by atoms with Gasteiger partial charge in [-0.15, -0.1) is 29.9 Å². The average Bonchev–Trinajstić information content (AvgIpc) is 1.53. The first kappa shape index (κ1) is 85.6. The van der Waals surface area contributed by atoms with Crippen LogP contribution in [-0.4, -0.2) is 111 Å². The fourth-order valence-electron chi connectivity index (χ4n) is 13.7. The topological polar surface area (TPSA) is 217 Å². The molecular weight excluding hydrogens is 1500 g/mol. The number of carbonyl (C=O) groups is 2. The van der Waals surface area contributed by atoms with Gasteiger partial charge in [0, 0.05) is 39.0 Å². The number of ketones is 1. The summed E-state index contributed by atoms with van der Waals surface area (Å²) in [6.07, 6.45) is 5.73. The van der Waals surface area contributed by atoms with Gasteiger partial charge in [0.05, 0.1) is 93.5 Å². The second kappa shape index (κ2) is 44.6. The average molecular weight is 1590 g/mol. The van der Waals surface area contributed by atoms with Crippen LogP contribution in [0.15, 0.2) is 277 Å². The first-order valence-electron chi connectivity index (χ1n) is 37.2. The highest BCUT2D eigenvalue weighted by atomic mass is 32.2. The molecule has 0 bridgehead atoms. The highest BCUT2D eigenvalue weighted by Crippen LogP contribution is 2.52. The summed E-state index contributed by atoms with van der Waals surface area (Å²) in [6.45, 7) is 4.95. The summed E-state index contributed by atoms with van der Waals surface area (Å²) in [6, 6.07) is 88.7. The number of terminal acetylenes is 1. The molecule has 0 N–H and O–H groups in total. The Morgan fingerprint density at radius 1 is 0.474 bits per heavy atom. The van der Waals surface area contributed by atoms with Gasteiger partial charge in [-0.1, -0.05) is 249 Å². The van der Waals surface area contributed by atoms with Gasteiger partial charge in [0.15, 0.2) is 6.29 Å². The first-order chi connectivity index (χ1) is 56.0. The van der Waals surface area contributed by atoms with E-state index in [9.17, 15) is 14.2 Å². The summed E-state index contributed by atoms with van der Waals surface area (Å²) in [7, 11) is 2.37. The van der Waals surface area contributed by atoms with Crippen molar-refractivity contribution in [3.8, 4) is 12.3 Å². The molecule has 19 nitrogen and oxygen atoms in total. The SMILES string of the molecule is C#Cc1cc2c(cc1SC)CO[C@]21O[C@H](COCc2ccccc2)[C@@H](OCc2ccccc2)[C@H](OCc2ccccc2)[C@H]1OCc1ccccc1.CC(=O)C(=[N+]=[N-])P=O.COOC.CSc1cc2c(cc1C=O)[C@]1(OC2)O[C@H](COCc2ccccc2)[C@@H](OCc2ccccc2)[C@H](OCc2ccccc2)[C@H]1OCc1ccccc1. The van der Waals surface area contributed by atoms with Gasteiger partial charge in [-0.2, -0.15) is 4.79 Å². The number of nitrogens with zero attached hydrogens (tertiary/aromatic N) is 2. The van der Waals surface area contributed by atoms with E-state index < -0.39 is 74.6 Å². The van der Waals surface area contributed by atoms with E-state index in [1.165, 1.54) is 32.9 Å². The van der Waals surface area contributed by atoms with Gasteiger partial charge >= 0.3 is 5.45 Å². The van der Waals surface area contributed by atoms with Crippen molar-refractivity contribution in [1.82, 2.24) is 0 Å². The van der Waals surface area contributed by atoms with E-state index in [1.54, 1.807) is 11.8 Å². The molecule has 4 aliphatic heterocycles. The number of carbonyl (C=O) groups excluding carboxylic acids is 2. The number of benzene rings is 10. The largest absolute Gasteiger partial charge is 0.422 e. The predicted molar refractivity (Wildman–Crippen MR) is 436 cm³/mol. The van der Waals surface area contributed by atoms with E-state index in [2.05, 4.69) is 50.8 Å². The number of hydrogen-bond donors (Lipinski definition) is 0. The Morgan fingerprint density at radius 2 is 0.781 bits per heavy atom.